The fraction of sp³-hybridized carbons (Fsp3) is 0.222. The largest absolute Gasteiger partial charge is 0.325 e. The average molecular weight is 325 g/mol. The van der Waals surface area contributed by atoms with Crippen LogP contribution in [0.2, 0.25) is 0 Å². The zero-order valence-corrected chi connectivity index (χ0v) is 10.3. The predicted molar refractivity (Wildman–Crippen MR) is 66.2 cm³/mol. The molecule has 0 saturated heterocycles. The summed E-state index contributed by atoms with van der Waals surface area (Å²) in [6.07, 6.45) is 0.358. The molecule has 0 spiro atoms. The Morgan fingerprint density at radius 1 is 1.57 bits per heavy atom. The van der Waals surface area contributed by atoms with E-state index in [-0.39, 0.29) is 11.7 Å². The van der Waals surface area contributed by atoms with E-state index in [0.29, 0.717) is 21.4 Å². The Balaban J connectivity index is 2.72. The SMILES string of the molecule is O=C(CCS)Nc1ccc(F)cc1I. The second-order valence-corrected chi connectivity index (χ2v) is 4.26. The molecule has 1 amide bonds. The van der Waals surface area contributed by atoms with Gasteiger partial charge in [0.15, 0.2) is 0 Å². The summed E-state index contributed by atoms with van der Waals surface area (Å²) in [5, 5.41) is 2.68. The van der Waals surface area contributed by atoms with Gasteiger partial charge in [-0.15, -0.1) is 0 Å². The van der Waals surface area contributed by atoms with Crippen molar-refractivity contribution in [2.75, 3.05) is 11.1 Å². The molecule has 0 radical (unpaired) electrons. The van der Waals surface area contributed by atoms with Crippen LogP contribution in [0.4, 0.5) is 10.1 Å². The lowest BCUT2D eigenvalue weighted by atomic mass is 10.3. The van der Waals surface area contributed by atoms with Gasteiger partial charge in [0, 0.05) is 9.99 Å². The third-order valence-corrected chi connectivity index (χ3v) is 2.66. The van der Waals surface area contributed by atoms with Crippen LogP contribution in [-0.2, 0) is 4.79 Å². The van der Waals surface area contributed by atoms with E-state index in [9.17, 15) is 9.18 Å². The molecule has 1 aromatic rings. The second kappa shape index (κ2) is 5.55. The number of thiol groups is 1. The molecular formula is C9H9FINOS. The Hall–Kier alpha value is -0.300. The molecule has 0 aliphatic carbocycles. The van der Waals surface area contributed by atoms with Gasteiger partial charge >= 0.3 is 0 Å². The van der Waals surface area contributed by atoms with Crippen LogP contribution >= 0.6 is 35.2 Å². The van der Waals surface area contributed by atoms with Gasteiger partial charge in [0.25, 0.3) is 0 Å². The van der Waals surface area contributed by atoms with Crippen molar-refractivity contribution in [1.82, 2.24) is 0 Å². The first-order chi connectivity index (χ1) is 6.63. The number of halogens is 2. The molecule has 0 heterocycles. The van der Waals surface area contributed by atoms with Gasteiger partial charge in [0.05, 0.1) is 5.69 Å². The summed E-state index contributed by atoms with van der Waals surface area (Å²) in [6, 6.07) is 4.24. The van der Waals surface area contributed by atoms with E-state index in [1.807, 2.05) is 22.6 Å². The van der Waals surface area contributed by atoms with Crippen molar-refractivity contribution in [2.24, 2.45) is 0 Å². The molecular weight excluding hydrogens is 316 g/mol. The molecule has 1 rings (SSSR count). The summed E-state index contributed by atoms with van der Waals surface area (Å²) < 4.78 is 13.4. The van der Waals surface area contributed by atoms with Crippen molar-refractivity contribution >= 4 is 46.8 Å². The van der Waals surface area contributed by atoms with Crippen LogP contribution in [0.1, 0.15) is 6.42 Å². The Morgan fingerprint density at radius 2 is 2.29 bits per heavy atom. The first kappa shape index (κ1) is 11.8. The molecule has 0 atom stereocenters. The maximum Gasteiger partial charge on any atom is 0.225 e. The smallest absolute Gasteiger partial charge is 0.225 e. The number of hydrogen-bond acceptors (Lipinski definition) is 2. The Labute approximate surface area is 101 Å². The van der Waals surface area contributed by atoms with Gasteiger partial charge in [0.1, 0.15) is 5.82 Å². The summed E-state index contributed by atoms with van der Waals surface area (Å²) in [7, 11) is 0. The molecule has 0 fully saturated rings. The Morgan fingerprint density at radius 3 is 2.86 bits per heavy atom. The number of hydrogen-bond donors (Lipinski definition) is 2. The van der Waals surface area contributed by atoms with Crippen molar-refractivity contribution in [2.45, 2.75) is 6.42 Å². The Bertz CT molecular complexity index is 346. The van der Waals surface area contributed by atoms with E-state index >= 15 is 0 Å². The summed E-state index contributed by atoms with van der Waals surface area (Å²) in [6.45, 7) is 0. The first-order valence-electron chi connectivity index (χ1n) is 3.99. The highest BCUT2D eigenvalue weighted by molar-refractivity contribution is 14.1. The van der Waals surface area contributed by atoms with E-state index in [1.54, 1.807) is 6.07 Å². The van der Waals surface area contributed by atoms with Gasteiger partial charge in [-0.25, -0.2) is 4.39 Å². The van der Waals surface area contributed by atoms with E-state index in [4.69, 9.17) is 0 Å². The molecule has 1 N–H and O–H groups in total. The van der Waals surface area contributed by atoms with E-state index in [0.717, 1.165) is 0 Å². The lowest BCUT2D eigenvalue weighted by molar-refractivity contribution is -0.115. The molecule has 0 aliphatic rings. The number of rotatable bonds is 3. The molecule has 0 saturated carbocycles. The molecule has 0 aliphatic heterocycles. The van der Waals surface area contributed by atoms with E-state index in [1.165, 1.54) is 12.1 Å². The molecule has 0 bridgehead atoms. The third kappa shape index (κ3) is 3.45. The number of nitrogens with one attached hydrogen (secondary N) is 1. The molecule has 0 unspecified atom stereocenters. The maximum atomic E-state index is 12.7. The highest BCUT2D eigenvalue weighted by Gasteiger charge is 2.04. The molecule has 14 heavy (non-hydrogen) atoms. The first-order valence-corrected chi connectivity index (χ1v) is 5.70. The quantitative estimate of drug-likeness (QED) is 0.649. The van der Waals surface area contributed by atoms with E-state index < -0.39 is 0 Å². The van der Waals surface area contributed by atoms with Gasteiger partial charge in [-0.1, -0.05) is 0 Å². The third-order valence-electron chi connectivity index (χ3n) is 1.54. The van der Waals surface area contributed by atoms with Crippen molar-refractivity contribution in [1.29, 1.82) is 0 Å². The summed E-state index contributed by atoms with van der Waals surface area (Å²) in [4.78, 5) is 11.2. The van der Waals surface area contributed by atoms with Gasteiger partial charge in [0.2, 0.25) is 5.91 Å². The van der Waals surface area contributed by atoms with Crippen LogP contribution in [0.15, 0.2) is 18.2 Å². The van der Waals surface area contributed by atoms with Gasteiger partial charge in [-0.2, -0.15) is 12.6 Å². The lowest BCUT2D eigenvalue weighted by Crippen LogP contribution is -2.12. The fourth-order valence-electron chi connectivity index (χ4n) is 0.905. The van der Waals surface area contributed by atoms with Crippen molar-refractivity contribution in [3.63, 3.8) is 0 Å². The van der Waals surface area contributed by atoms with Gasteiger partial charge in [-0.3, -0.25) is 4.79 Å². The highest BCUT2D eigenvalue weighted by Crippen LogP contribution is 2.19. The molecule has 1 aromatic carbocycles. The Kier molecular flexibility index (Phi) is 4.67. The van der Waals surface area contributed by atoms with Crippen molar-refractivity contribution in [3.05, 3.63) is 27.6 Å². The number of anilines is 1. The molecule has 0 aromatic heterocycles. The van der Waals surface area contributed by atoms with E-state index in [2.05, 4.69) is 17.9 Å². The number of amides is 1. The lowest BCUT2D eigenvalue weighted by Gasteiger charge is -2.06. The number of carbonyl (C=O) groups excluding carboxylic acids is 1. The highest BCUT2D eigenvalue weighted by atomic mass is 127. The fourth-order valence-corrected chi connectivity index (χ4v) is 1.72. The van der Waals surface area contributed by atoms with Crippen LogP contribution in [0, 0.1) is 9.39 Å². The minimum Gasteiger partial charge on any atom is -0.325 e. The molecule has 76 valence electrons. The summed E-state index contributed by atoms with van der Waals surface area (Å²) in [5.41, 5.74) is 0.638. The summed E-state index contributed by atoms with van der Waals surface area (Å²) >= 11 is 5.92. The van der Waals surface area contributed by atoms with Crippen LogP contribution in [-0.4, -0.2) is 11.7 Å². The summed E-state index contributed by atoms with van der Waals surface area (Å²) in [5.74, 6) is 0.0926. The minimum absolute atomic E-state index is 0.107. The molecule has 2 nitrogen and oxygen atoms in total. The standard InChI is InChI=1S/C9H9FINOS/c10-6-1-2-8(7(11)5-6)12-9(13)3-4-14/h1-2,5,14H,3-4H2,(H,12,13). The zero-order chi connectivity index (χ0) is 10.6. The zero-order valence-electron chi connectivity index (χ0n) is 7.26. The van der Waals surface area contributed by atoms with Crippen molar-refractivity contribution < 1.29 is 9.18 Å². The normalized spacial score (nSPS) is 9.93. The monoisotopic (exact) mass is 325 g/mol. The topological polar surface area (TPSA) is 29.1 Å². The predicted octanol–water partition coefficient (Wildman–Crippen LogP) is 2.69. The van der Waals surface area contributed by atoms with Crippen LogP contribution < -0.4 is 5.32 Å². The minimum atomic E-state index is -0.304. The average Bonchev–Trinajstić information content (AvgIpc) is 2.10. The van der Waals surface area contributed by atoms with Crippen molar-refractivity contribution in [3.8, 4) is 0 Å². The number of benzene rings is 1. The van der Waals surface area contributed by atoms with Crippen LogP contribution in [0.3, 0.4) is 0 Å². The maximum absolute atomic E-state index is 12.7. The van der Waals surface area contributed by atoms with Crippen LogP contribution in [0.25, 0.3) is 0 Å². The van der Waals surface area contributed by atoms with Gasteiger partial charge < -0.3 is 5.32 Å². The second-order valence-electron chi connectivity index (χ2n) is 2.65. The number of carbonyl (C=O) groups is 1. The van der Waals surface area contributed by atoms with Crippen LogP contribution in [0.5, 0.6) is 0 Å². The molecule has 5 heteroatoms. The van der Waals surface area contributed by atoms with Gasteiger partial charge in [-0.05, 0) is 46.5 Å².